The normalized spacial score (nSPS) is 16.9. The molecule has 37 heavy (non-hydrogen) atoms. The summed E-state index contributed by atoms with van der Waals surface area (Å²) in [5.41, 5.74) is 3.43. The molecule has 4 atom stereocenters. The van der Waals surface area contributed by atoms with Gasteiger partial charge in [-0.1, -0.05) is 57.5 Å². The minimum absolute atomic E-state index is 0.218. The molecule has 0 saturated carbocycles. The van der Waals surface area contributed by atoms with Crippen LogP contribution in [0.5, 0.6) is 0 Å². The van der Waals surface area contributed by atoms with Crippen molar-refractivity contribution in [2.45, 2.75) is 83.1 Å². The van der Waals surface area contributed by atoms with Gasteiger partial charge in [-0.2, -0.15) is 0 Å². The Kier molecular flexibility index (Phi) is 10.8. The van der Waals surface area contributed by atoms with E-state index in [9.17, 15) is 19.2 Å². The average molecular weight is 535 g/mol. The van der Waals surface area contributed by atoms with Gasteiger partial charge in [0.15, 0.2) is 4.93 Å². The zero-order chi connectivity index (χ0) is 27.9. The van der Waals surface area contributed by atoms with Gasteiger partial charge in [0.2, 0.25) is 11.8 Å². The molecule has 0 bridgehead atoms. The van der Waals surface area contributed by atoms with Crippen molar-refractivity contribution < 1.29 is 23.9 Å². The highest BCUT2D eigenvalue weighted by molar-refractivity contribution is 8.01. The number of amides is 4. The molecule has 0 spiro atoms. The van der Waals surface area contributed by atoms with Crippen molar-refractivity contribution in [3.8, 4) is 0 Å². The Bertz CT molecular complexity index is 957. The van der Waals surface area contributed by atoms with E-state index in [4.69, 9.17) is 4.74 Å². The van der Waals surface area contributed by atoms with Gasteiger partial charge in [0, 0.05) is 32.2 Å². The van der Waals surface area contributed by atoms with Gasteiger partial charge in [0.25, 0.3) is 5.91 Å². The molecule has 1 aliphatic heterocycles. The SMILES string of the molecule is CC[C@H](C)C(C)SC(C)(C)OC(=O)N(C)[C@H](C)C(=O)N(C)C(Cc1ccccc1)C(=O)N1CCC(=O)N1. The standard InChI is InChI=1S/C27H42N4O5S/c1-9-18(2)20(4)37-27(5,6)36-26(35)29(7)19(3)24(33)30(8)22(17-21-13-11-10-12-14-21)25(34)31-16-15-23(32)28-31/h10-14,18-20,22H,9,15-17H2,1-8H3,(H,28,32)/t18-,19+,20?,22?/m0/s1. The van der Waals surface area contributed by atoms with Gasteiger partial charge in [-0.15, -0.1) is 11.8 Å². The van der Waals surface area contributed by atoms with Crippen LogP contribution in [-0.4, -0.2) is 81.5 Å². The van der Waals surface area contributed by atoms with E-state index < -0.39 is 29.0 Å². The lowest BCUT2D eigenvalue weighted by Gasteiger charge is -2.35. The lowest BCUT2D eigenvalue weighted by molar-refractivity contribution is -0.148. The molecule has 1 saturated heterocycles. The molecule has 1 heterocycles. The molecule has 1 N–H and O–H groups in total. The molecule has 9 nitrogen and oxygen atoms in total. The second-order valence-corrected chi connectivity index (χ2v) is 12.2. The summed E-state index contributed by atoms with van der Waals surface area (Å²) in [5, 5.41) is 1.56. The zero-order valence-electron chi connectivity index (χ0n) is 23.3. The van der Waals surface area contributed by atoms with E-state index in [2.05, 4.69) is 26.2 Å². The first-order chi connectivity index (χ1) is 17.3. The lowest BCUT2D eigenvalue weighted by atomic mass is 10.0. The third-order valence-electron chi connectivity index (χ3n) is 6.93. The summed E-state index contributed by atoms with van der Waals surface area (Å²) >= 11 is 1.58. The van der Waals surface area contributed by atoms with Gasteiger partial charge < -0.3 is 9.64 Å². The second-order valence-electron chi connectivity index (χ2n) is 10.2. The molecule has 1 aromatic carbocycles. The molecule has 10 heteroatoms. The van der Waals surface area contributed by atoms with Crippen LogP contribution in [0, 0.1) is 5.92 Å². The average Bonchev–Trinajstić information content (AvgIpc) is 3.30. The number of nitrogens with zero attached hydrogens (tertiary/aromatic N) is 3. The van der Waals surface area contributed by atoms with Crippen LogP contribution < -0.4 is 5.43 Å². The predicted molar refractivity (Wildman–Crippen MR) is 145 cm³/mol. The smallest absolute Gasteiger partial charge is 0.411 e. The molecule has 206 valence electrons. The summed E-state index contributed by atoms with van der Waals surface area (Å²) in [6, 6.07) is 7.65. The number of carbonyl (C=O) groups excluding carboxylic acids is 4. The Morgan fingerprint density at radius 2 is 1.73 bits per heavy atom. The quantitative estimate of drug-likeness (QED) is 0.435. The minimum Gasteiger partial charge on any atom is -0.432 e. The molecule has 0 aromatic heterocycles. The third kappa shape index (κ3) is 8.38. The van der Waals surface area contributed by atoms with E-state index in [1.54, 1.807) is 25.7 Å². The summed E-state index contributed by atoms with van der Waals surface area (Å²) in [6.07, 6.45) is 0.906. The summed E-state index contributed by atoms with van der Waals surface area (Å²) in [5.74, 6) is -0.550. The first kappa shape index (κ1) is 30.5. The van der Waals surface area contributed by atoms with Crippen LogP contribution in [0.3, 0.4) is 0 Å². The summed E-state index contributed by atoms with van der Waals surface area (Å²) in [4.78, 5) is 53.4. The molecule has 0 radical (unpaired) electrons. The fourth-order valence-corrected chi connectivity index (χ4v) is 5.46. The lowest BCUT2D eigenvalue weighted by Crippen LogP contribution is -2.56. The highest BCUT2D eigenvalue weighted by Gasteiger charge is 2.38. The Labute approximate surface area is 225 Å². The number of rotatable bonds is 11. The van der Waals surface area contributed by atoms with Crippen LogP contribution >= 0.6 is 11.8 Å². The van der Waals surface area contributed by atoms with Crippen molar-refractivity contribution in [3.63, 3.8) is 0 Å². The molecule has 4 amide bonds. The van der Waals surface area contributed by atoms with Gasteiger partial charge in [0.05, 0.1) is 6.54 Å². The van der Waals surface area contributed by atoms with Crippen molar-refractivity contribution in [2.75, 3.05) is 20.6 Å². The van der Waals surface area contributed by atoms with Crippen LogP contribution in [-0.2, 0) is 25.5 Å². The van der Waals surface area contributed by atoms with Crippen molar-refractivity contribution in [1.29, 1.82) is 0 Å². The van der Waals surface area contributed by atoms with Crippen LogP contribution in [0.2, 0.25) is 0 Å². The van der Waals surface area contributed by atoms with Crippen molar-refractivity contribution in [2.24, 2.45) is 5.92 Å². The number of hydrogen-bond donors (Lipinski definition) is 1. The number of nitrogens with one attached hydrogen (secondary N) is 1. The number of thioether (sulfide) groups is 1. The maximum Gasteiger partial charge on any atom is 0.411 e. The number of carbonyl (C=O) groups is 4. The highest BCUT2D eigenvalue weighted by atomic mass is 32.2. The van der Waals surface area contributed by atoms with E-state index >= 15 is 0 Å². The zero-order valence-corrected chi connectivity index (χ0v) is 24.1. The molecule has 1 fully saturated rings. The van der Waals surface area contributed by atoms with Crippen molar-refractivity contribution >= 4 is 35.6 Å². The van der Waals surface area contributed by atoms with Gasteiger partial charge in [-0.3, -0.25) is 29.7 Å². The van der Waals surface area contributed by atoms with E-state index in [1.165, 1.54) is 21.9 Å². The van der Waals surface area contributed by atoms with Crippen LogP contribution in [0.4, 0.5) is 4.79 Å². The molecule has 2 rings (SSSR count). The van der Waals surface area contributed by atoms with Crippen LogP contribution in [0.25, 0.3) is 0 Å². The fourth-order valence-electron chi connectivity index (χ4n) is 4.02. The highest BCUT2D eigenvalue weighted by Crippen LogP contribution is 2.35. The van der Waals surface area contributed by atoms with Gasteiger partial charge in [0.1, 0.15) is 12.1 Å². The summed E-state index contributed by atoms with van der Waals surface area (Å²) in [7, 11) is 3.07. The summed E-state index contributed by atoms with van der Waals surface area (Å²) < 4.78 is 5.77. The summed E-state index contributed by atoms with van der Waals surface area (Å²) in [6.45, 7) is 12.0. The molecule has 1 aliphatic rings. The van der Waals surface area contributed by atoms with Gasteiger partial charge >= 0.3 is 6.09 Å². The maximum atomic E-state index is 13.5. The first-order valence-electron chi connectivity index (χ1n) is 12.8. The predicted octanol–water partition coefficient (Wildman–Crippen LogP) is 3.68. The Morgan fingerprint density at radius 1 is 1.11 bits per heavy atom. The third-order valence-corrected chi connectivity index (χ3v) is 8.42. The Balaban J connectivity index is 2.14. The number of benzene rings is 1. The van der Waals surface area contributed by atoms with Crippen molar-refractivity contribution in [3.05, 3.63) is 35.9 Å². The first-order valence-corrected chi connectivity index (χ1v) is 13.7. The van der Waals surface area contributed by atoms with Crippen molar-refractivity contribution in [1.82, 2.24) is 20.2 Å². The maximum absolute atomic E-state index is 13.5. The molecule has 1 aromatic rings. The number of likely N-dealkylation sites (N-methyl/N-ethyl adjacent to an activating group) is 2. The molecular formula is C27H42N4O5S. The van der Waals surface area contributed by atoms with E-state index in [-0.39, 0.29) is 31.2 Å². The van der Waals surface area contributed by atoms with E-state index in [1.807, 2.05) is 44.2 Å². The Hall–Kier alpha value is -2.75. The fraction of sp³-hybridized carbons (Fsp3) is 0.630. The van der Waals surface area contributed by atoms with Gasteiger partial charge in [-0.25, -0.2) is 4.79 Å². The van der Waals surface area contributed by atoms with Gasteiger partial charge in [-0.05, 0) is 32.3 Å². The minimum atomic E-state index is -0.871. The number of hydrogen-bond acceptors (Lipinski definition) is 6. The van der Waals surface area contributed by atoms with E-state index in [0.717, 1.165) is 12.0 Å². The molecule has 2 unspecified atom stereocenters. The van der Waals surface area contributed by atoms with Crippen LogP contribution in [0.1, 0.15) is 59.9 Å². The van der Waals surface area contributed by atoms with Crippen LogP contribution in [0.15, 0.2) is 30.3 Å². The topological polar surface area (TPSA) is 99.3 Å². The second kappa shape index (κ2) is 13.2. The Morgan fingerprint density at radius 3 is 2.27 bits per heavy atom. The molecule has 0 aliphatic carbocycles. The monoisotopic (exact) mass is 534 g/mol. The number of ether oxygens (including phenoxy) is 1. The molecular weight excluding hydrogens is 492 g/mol. The van der Waals surface area contributed by atoms with E-state index in [0.29, 0.717) is 11.2 Å². The largest absolute Gasteiger partial charge is 0.432 e. The number of hydrazine groups is 1.